The number of ether oxygens (including phenoxy) is 1. The highest BCUT2D eigenvalue weighted by Gasteiger charge is 2.08. The fraction of sp³-hybridized carbons (Fsp3) is 0.238. The van der Waals surface area contributed by atoms with Crippen molar-refractivity contribution in [3.05, 3.63) is 71.5 Å². The molecule has 0 saturated heterocycles. The summed E-state index contributed by atoms with van der Waals surface area (Å²) in [7, 11) is 3.54. The summed E-state index contributed by atoms with van der Waals surface area (Å²) in [4.78, 5) is 12.4. The van der Waals surface area contributed by atoms with Crippen molar-refractivity contribution in [2.45, 2.75) is 24.3 Å². The summed E-state index contributed by atoms with van der Waals surface area (Å²) in [5.41, 5.74) is 6.07. The van der Waals surface area contributed by atoms with Gasteiger partial charge in [-0.3, -0.25) is 4.79 Å². The van der Waals surface area contributed by atoms with Crippen LogP contribution in [0, 0.1) is 0 Å². The Hall–Kier alpha value is -3.13. The second kappa shape index (κ2) is 9.88. The average molecular weight is 410 g/mol. The molecule has 8 heteroatoms. The lowest BCUT2D eigenvalue weighted by atomic mass is 10.1. The second-order valence-corrected chi connectivity index (χ2v) is 7.23. The molecule has 0 saturated carbocycles. The largest absolute Gasteiger partial charge is 0.497 e. The van der Waals surface area contributed by atoms with Gasteiger partial charge in [-0.05, 0) is 53.9 Å². The van der Waals surface area contributed by atoms with E-state index in [-0.39, 0.29) is 5.91 Å². The minimum absolute atomic E-state index is 0.239. The summed E-state index contributed by atoms with van der Waals surface area (Å²) < 4.78 is 7.05. The Morgan fingerprint density at radius 2 is 1.83 bits per heavy atom. The van der Waals surface area contributed by atoms with Crippen LogP contribution in [-0.4, -0.2) is 33.5 Å². The first kappa shape index (κ1) is 20.6. The van der Waals surface area contributed by atoms with Crippen LogP contribution in [0.25, 0.3) is 0 Å². The summed E-state index contributed by atoms with van der Waals surface area (Å²) in [5.74, 6) is 1.30. The summed E-state index contributed by atoms with van der Waals surface area (Å²) in [6.45, 7) is 2.00. The first-order valence-electron chi connectivity index (χ1n) is 9.17. The topological polar surface area (TPSA) is 81.4 Å². The van der Waals surface area contributed by atoms with Crippen molar-refractivity contribution in [3.63, 3.8) is 0 Å². The molecule has 150 valence electrons. The number of hydrogen-bond acceptors (Lipinski definition) is 6. The van der Waals surface area contributed by atoms with Gasteiger partial charge in [-0.25, -0.2) is 5.43 Å². The zero-order chi connectivity index (χ0) is 20.6. The molecule has 29 heavy (non-hydrogen) atoms. The Morgan fingerprint density at radius 1 is 1.14 bits per heavy atom. The molecule has 3 rings (SSSR count). The van der Waals surface area contributed by atoms with Crippen molar-refractivity contribution < 1.29 is 9.53 Å². The van der Waals surface area contributed by atoms with Gasteiger partial charge in [-0.15, -0.1) is 10.2 Å². The van der Waals surface area contributed by atoms with Crippen LogP contribution in [0.2, 0.25) is 0 Å². The number of hydrazone groups is 1. The molecule has 0 bridgehead atoms. The van der Waals surface area contributed by atoms with E-state index in [0.717, 1.165) is 33.5 Å². The molecule has 0 unspecified atom stereocenters. The average Bonchev–Trinajstić information content (AvgIpc) is 3.18. The lowest BCUT2D eigenvalue weighted by molar-refractivity contribution is 0.0955. The number of nitrogens with zero attached hydrogens (tertiary/aromatic N) is 4. The lowest BCUT2D eigenvalue weighted by Gasteiger charge is -2.07. The minimum Gasteiger partial charge on any atom is -0.497 e. The van der Waals surface area contributed by atoms with E-state index in [0.29, 0.717) is 12.0 Å². The standard InChI is InChI=1S/C21H23N5O2S/c1-4-19(16-9-11-18(28-3)12-10-16)23-24-20(27)17-7-5-15(6-8-17)13-29-21-25-22-14-26(21)2/h5-12,14H,4,13H2,1-3H3,(H,24,27)/b23-19-. The van der Waals surface area contributed by atoms with Gasteiger partial charge in [0, 0.05) is 18.4 Å². The molecule has 0 fully saturated rings. The highest BCUT2D eigenvalue weighted by atomic mass is 32.2. The number of nitrogens with one attached hydrogen (secondary N) is 1. The predicted octanol–water partition coefficient (Wildman–Crippen LogP) is 3.66. The molecule has 0 spiro atoms. The fourth-order valence-electron chi connectivity index (χ4n) is 2.62. The van der Waals surface area contributed by atoms with Crippen LogP contribution in [-0.2, 0) is 12.8 Å². The van der Waals surface area contributed by atoms with Gasteiger partial charge in [0.2, 0.25) is 0 Å². The van der Waals surface area contributed by atoms with Crippen molar-refractivity contribution in [3.8, 4) is 5.75 Å². The van der Waals surface area contributed by atoms with Crippen LogP contribution in [0.15, 0.2) is 65.1 Å². The maximum atomic E-state index is 12.4. The van der Waals surface area contributed by atoms with Gasteiger partial charge >= 0.3 is 0 Å². The molecule has 1 heterocycles. The predicted molar refractivity (Wildman–Crippen MR) is 114 cm³/mol. The maximum absolute atomic E-state index is 12.4. The molecule has 0 aliphatic carbocycles. The number of thioether (sulfide) groups is 1. The highest BCUT2D eigenvalue weighted by Crippen LogP contribution is 2.20. The lowest BCUT2D eigenvalue weighted by Crippen LogP contribution is -2.20. The van der Waals surface area contributed by atoms with Crippen molar-refractivity contribution >= 4 is 23.4 Å². The van der Waals surface area contributed by atoms with Gasteiger partial charge in [0.25, 0.3) is 5.91 Å². The third-order valence-electron chi connectivity index (χ3n) is 4.30. The van der Waals surface area contributed by atoms with E-state index in [4.69, 9.17) is 4.74 Å². The van der Waals surface area contributed by atoms with Gasteiger partial charge in [0.1, 0.15) is 12.1 Å². The quantitative estimate of drug-likeness (QED) is 0.349. The van der Waals surface area contributed by atoms with Crippen molar-refractivity contribution in [2.75, 3.05) is 7.11 Å². The van der Waals surface area contributed by atoms with Crippen LogP contribution in [0.4, 0.5) is 0 Å². The molecule has 1 N–H and O–H groups in total. The number of carbonyl (C=O) groups excluding carboxylic acids is 1. The van der Waals surface area contributed by atoms with Crippen molar-refractivity contribution in [1.82, 2.24) is 20.2 Å². The molecule has 1 amide bonds. The maximum Gasteiger partial charge on any atom is 0.271 e. The highest BCUT2D eigenvalue weighted by molar-refractivity contribution is 7.98. The van der Waals surface area contributed by atoms with Gasteiger partial charge in [0.15, 0.2) is 5.16 Å². The van der Waals surface area contributed by atoms with Gasteiger partial charge in [-0.2, -0.15) is 5.10 Å². The van der Waals surface area contributed by atoms with Crippen molar-refractivity contribution in [1.29, 1.82) is 0 Å². The Labute approximate surface area is 174 Å². The Balaban J connectivity index is 1.60. The number of methoxy groups -OCH3 is 1. The molecule has 1 aromatic heterocycles. The number of aryl methyl sites for hydroxylation is 1. The number of hydrogen-bond donors (Lipinski definition) is 1. The number of carbonyl (C=O) groups is 1. The molecule has 0 radical (unpaired) electrons. The molecule has 7 nitrogen and oxygen atoms in total. The number of aromatic nitrogens is 3. The van der Waals surface area contributed by atoms with Crippen LogP contribution < -0.4 is 10.2 Å². The Kier molecular flexibility index (Phi) is 7.02. The van der Waals surface area contributed by atoms with E-state index in [9.17, 15) is 4.79 Å². The summed E-state index contributed by atoms with van der Waals surface area (Å²) >= 11 is 1.60. The van der Waals surface area contributed by atoms with Crippen LogP contribution >= 0.6 is 11.8 Å². The monoisotopic (exact) mass is 409 g/mol. The smallest absolute Gasteiger partial charge is 0.271 e. The normalized spacial score (nSPS) is 11.3. The van der Waals surface area contributed by atoms with Crippen LogP contribution in [0.5, 0.6) is 5.75 Å². The molecule has 2 aromatic carbocycles. The number of amides is 1. The van der Waals surface area contributed by atoms with Gasteiger partial charge in [0.05, 0.1) is 12.8 Å². The van der Waals surface area contributed by atoms with E-state index in [1.165, 1.54) is 0 Å². The Morgan fingerprint density at radius 3 is 2.41 bits per heavy atom. The molecule has 3 aromatic rings. The third-order valence-corrected chi connectivity index (χ3v) is 5.41. The molecule has 0 aliphatic rings. The Bertz CT molecular complexity index is 981. The number of rotatable bonds is 8. The first-order chi connectivity index (χ1) is 14.1. The van der Waals surface area contributed by atoms with Gasteiger partial charge in [-0.1, -0.05) is 30.8 Å². The minimum atomic E-state index is -0.239. The summed E-state index contributed by atoms with van der Waals surface area (Å²) in [6, 6.07) is 15.1. The second-order valence-electron chi connectivity index (χ2n) is 6.29. The van der Waals surface area contributed by atoms with E-state index >= 15 is 0 Å². The van der Waals surface area contributed by atoms with Crippen LogP contribution in [0.3, 0.4) is 0 Å². The molecule has 0 aliphatic heterocycles. The van der Waals surface area contributed by atoms with E-state index in [1.54, 1.807) is 37.3 Å². The van der Waals surface area contributed by atoms with Gasteiger partial charge < -0.3 is 9.30 Å². The van der Waals surface area contributed by atoms with E-state index in [2.05, 4.69) is 20.7 Å². The zero-order valence-electron chi connectivity index (χ0n) is 16.6. The summed E-state index contributed by atoms with van der Waals surface area (Å²) in [5, 5.41) is 13.1. The molecular weight excluding hydrogens is 386 g/mol. The molecule has 0 atom stereocenters. The van der Waals surface area contributed by atoms with Crippen molar-refractivity contribution in [2.24, 2.45) is 12.1 Å². The SMILES string of the molecule is CC/C(=N/NC(=O)c1ccc(CSc2nncn2C)cc1)c1ccc(OC)cc1. The number of benzene rings is 2. The third kappa shape index (κ3) is 5.45. The summed E-state index contributed by atoms with van der Waals surface area (Å²) in [6.07, 6.45) is 2.37. The van der Waals surface area contributed by atoms with E-state index in [1.807, 2.05) is 54.9 Å². The van der Waals surface area contributed by atoms with Crippen LogP contribution in [0.1, 0.15) is 34.8 Å². The first-order valence-corrected chi connectivity index (χ1v) is 10.2. The van der Waals surface area contributed by atoms with E-state index < -0.39 is 0 Å². The zero-order valence-corrected chi connectivity index (χ0v) is 17.4. The molecular formula is C21H23N5O2S. The fourth-order valence-corrected chi connectivity index (χ4v) is 3.46.